The zero-order valence-electron chi connectivity index (χ0n) is 44.0. The molecule has 0 saturated heterocycles. The third kappa shape index (κ3) is 10.6. The first kappa shape index (κ1) is 77.4. The largest absolute Gasteiger partial charge is 0.460 e. The molecule has 48 heteroatoms. The molecule has 2 aliphatic rings. The first-order valence-corrected chi connectivity index (χ1v) is 23.7. The molecule has 6 rings (SSSR count). The van der Waals surface area contributed by atoms with E-state index in [0.717, 1.165) is 24.3 Å². The summed E-state index contributed by atoms with van der Waals surface area (Å²) in [6.07, 6.45) is -31.4. The fraction of sp³-hybridized carbons (Fsp3) is 0.347. The number of alkyl halides is 36. The van der Waals surface area contributed by atoms with E-state index in [1.165, 1.54) is 0 Å². The minimum absolute atomic E-state index is 0.463. The van der Waals surface area contributed by atoms with Gasteiger partial charge in [-0.15, -0.1) is 0 Å². The molecule has 8 nitrogen and oxygen atoms in total. The lowest BCUT2D eigenvalue weighted by Crippen LogP contribution is -2.72. The maximum absolute atomic E-state index is 15.9. The van der Waals surface area contributed by atoms with Crippen molar-refractivity contribution in [2.45, 2.75) is 101 Å². The van der Waals surface area contributed by atoms with Gasteiger partial charge in [0.15, 0.2) is 11.5 Å². The minimum atomic E-state index is -9.23. The van der Waals surface area contributed by atoms with Crippen molar-refractivity contribution in [2.24, 2.45) is 0 Å². The van der Waals surface area contributed by atoms with E-state index in [1.54, 1.807) is 0 Å². The number of carbonyl (C=O) groups excluding carboxylic acids is 4. The van der Waals surface area contributed by atoms with Crippen molar-refractivity contribution in [3.8, 4) is 11.5 Å². The Morgan fingerprint density at radius 3 is 0.711 bits per heavy atom. The number of imide groups is 2. The number of allylic oxidation sites excluding steroid dienone is 2. The van der Waals surface area contributed by atoms with E-state index in [0.29, 0.717) is 24.3 Å². The average molecular weight is 1490 g/mol. The number of hydrogen-bond acceptors (Lipinski definition) is 6. The standard InChI is InChI=1S/C49H14F40N2O6/c50-25(34(54,55)36(58,59)38(62,63)40(66,67)42(70,71)44(74,75)48(84,85)86)27(52)96-23-11-9-15(13-21(23)90-29(92)17-5-1-2-6-18(17)30(90)93)33(46(78,79)80,47(81,82)83)16-10-12-24(22(14-16)91-31(94)19-7-3-4-8-20(19)32(91)95)97-28(53)26(51)35(56,57)37(60,61)39(64,65)41(68,69)43(72,73)45(76,77)49(87,88)89/h1-14H. The van der Waals surface area contributed by atoms with Gasteiger partial charge in [-0.25, -0.2) is 9.80 Å². The molecule has 2 heterocycles. The summed E-state index contributed by atoms with van der Waals surface area (Å²) in [5.41, 5.74) is -22.1. The number of amides is 4. The summed E-state index contributed by atoms with van der Waals surface area (Å²) in [5.74, 6) is -132. The Labute approximate surface area is 503 Å². The lowest BCUT2D eigenvalue weighted by molar-refractivity contribution is -0.451. The highest BCUT2D eigenvalue weighted by atomic mass is 19.5. The van der Waals surface area contributed by atoms with Crippen molar-refractivity contribution in [1.82, 2.24) is 0 Å². The highest BCUT2D eigenvalue weighted by molar-refractivity contribution is 6.35. The second-order valence-electron chi connectivity index (χ2n) is 19.4. The lowest BCUT2D eigenvalue weighted by Gasteiger charge is -2.41. The summed E-state index contributed by atoms with van der Waals surface area (Å²) < 4.78 is 581. The molecule has 0 fully saturated rings. The number of rotatable bonds is 20. The van der Waals surface area contributed by atoms with Crippen LogP contribution >= 0.6 is 0 Å². The van der Waals surface area contributed by atoms with Gasteiger partial charge in [0.1, 0.15) is 0 Å². The summed E-state index contributed by atoms with van der Waals surface area (Å²) in [7, 11) is 0. The molecular formula is C49H14F40N2O6. The molecule has 0 atom stereocenters. The van der Waals surface area contributed by atoms with Crippen LogP contribution in [0.4, 0.5) is 187 Å². The van der Waals surface area contributed by atoms with Crippen molar-refractivity contribution in [1.29, 1.82) is 0 Å². The Hall–Kier alpha value is -8.56. The van der Waals surface area contributed by atoms with Crippen LogP contribution in [0.3, 0.4) is 0 Å². The summed E-state index contributed by atoms with van der Waals surface area (Å²) in [4.78, 5) is 52.6. The van der Waals surface area contributed by atoms with Gasteiger partial charge in [-0.1, -0.05) is 36.4 Å². The highest BCUT2D eigenvalue weighted by Crippen LogP contribution is 2.67. The first-order chi connectivity index (χ1) is 43.1. The van der Waals surface area contributed by atoms with E-state index >= 15 is 43.9 Å². The quantitative estimate of drug-likeness (QED) is 0.0497. The summed E-state index contributed by atoms with van der Waals surface area (Å²) in [5, 5.41) is 0. The van der Waals surface area contributed by atoms with Crippen LogP contribution in [-0.4, -0.2) is 119 Å². The molecule has 0 saturated carbocycles. The van der Waals surface area contributed by atoms with E-state index in [1.807, 2.05) is 0 Å². The number of anilines is 2. The van der Waals surface area contributed by atoms with Crippen molar-refractivity contribution >= 4 is 35.0 Å². The Morgan fingerprint density at radius 1 is 0.278 bits per heavy atom. The summed E-state index contributed by atoms with van der Waals surface area (Å²) >= 11 is 0. The minimum Gasteiger partial charge on any atom is -0.427 e. The van der Waals surface area contributed by atoms with Crippen LogP contribution in [0.1, 0.15) is 52.6 Å². The van der Waals surface area contributed by atoms with Crippen molar-refractivity contribution in [3.05, 3.63) is 142 Å². The fourth-order valence-electron chi connectivity index (χ4n) is 8.56. The Kier molecular flexibility index (Phi) is 18.2. The van der Waals surface area contributed by atoms with Gasteiger partial charge in [0.05, 0.1) is 33.6 Å². The van der Waals surface area contributed by atoms with Gasteiger partial charge >= 0.3 is 108 Å². The smallest absolute Gasteiger partial charge is 0.427 e. The van der Waals surface area contributed by atoms with Gasteiger partial charge in [0.25, 0.3) is 23.6 Å². The Bertz CT molecular complexity index is 3590. The van der Waals surface area contributed by atoms with Crippen molar-refractivity contribution < 1.29 is 204 Å². The van der Waals surface area contributed by atoms with E-state index in [4.69, 9.17) is 0 Å². The van der Waals surface area contributed by atoms with Gasteiger partial charge < -0.3 is 9.47 Å². The van der Waals surface area contributed by atoms with Crippen LogP contribution in [0, 0.1) is 0 Å². The molecule has 0 bridgehead atoms. The van der Waals surface area contributed by atoms with Crippen LogP contribution in [0.15, 0.2) is 109 Å². The molecule has 2 aliphatic heterocycles. The number of ether oxygens (including phenoxy) is 2. The van der Waals surface area contributed by atoms with Crippen LogP contribution in [-0.2, 0) is 5.41 Å². The number of benzene rings is 4. The molecule has 4 amide bonds. The maximum atomic E-state index is 15.9. The number of fused-ring (bicyclic) bond motifs is 2. The van der Waals surface area contributed by atoms with E-state index in [9.17, 15) is 151 Å². The zero-order valence-corrected chi connectivity index (χ0v) is 44.0. The predicted molar refractivity (Wildman–Crippen MR) is 232 cm³/mol. The molecule has 0 unspecified atom stereocenters. The number of halogens is 40. The molecule has 0 spiro atoms. The average Bonchev–Trinajstić information content (AvgIpc) is 1.38. The lowest BCUT2D eigenvalue weighted by atomic mass is 9.72. The zero-order chi connectivity index (χ0) is 75.4. The van der Waals surface area contributed by atoms with Gasteiger partial charge in [0.2, 0.25) is 17.1 Å². The fourth-order valence-corrected chi connectivity index (χ4v) is 8.56. The molecule has 0 aromatic heterocycles. The molecule has 4 aromatic rings. The predicted octanol–water partition coefficient (Wildman–Crippen LogP) is 18.4. The molecule has 0 aliphatic carbocycles. The third-order valence-corrected chi connectivity index (χ3v) is 13.7. The second-order valence-corrected chi connectivity index (χ2v) is 19.4. The van der Waals surface area contributed by atoms with Gasteiger partial charge in [-0.3, -0.25) is 19.2 Å². The topological polar surface area (TPSA) is 93.2 Å². The number of nitrogens with zero attached hydrogens (tertiary/aromatic N) is 2. The number of hydrogen-bond donors (Lipinski definition) is 0. The Morgan fingerprint density at radius 2 is 0.495 bits per heavy atom. The van der Waals surface area contributed by atoms with E-state index < -0.39 is 251 Å². The molecule has 0 radical (unpaired) electrons. The van der Waals surface area contributed by atoms with Crippen LogP contribution in [0.25, 0.3) is 0 Å². The molecular weight excluding hydrogens is 1470 g/mol. The molecule has 4 aromatic carbocycles. The van der Waals surface area contributed by atoms with Gasteiger partial charge in [-0.05, 0) is 59.7 Å². The molecule has 536 valence electrons. The van der Waals surface area contributed by atoms with Crippen molar-refractivity contribution in [3.63, 3.8) is 0 Å². The highest BCUT2D eigenvalue weighted by Gasteiger charge is 2.96. The first-order valence-electron chi connectivity index (χ1n) is 23.7. The van der Waals surface area contributed by atoms with Gasteiger partial charge in [0, 0.05) is 0 Å². The number of carbonyl (C=O) groups is 4. The van der Waals surface area contributed by atoms with E-state index in [2.05, 4.69) is 9.47 Å². The SMILES string of the molecule is O=C1c2ccccc2C(=O)N1c1cc(C(c2ccc(OC(F)=C(F)C(F)(F)C(F)(F)C(F)(F)C(F)(F)C(F)(F)C(F)(F)C(F)(F)F)c(N3C(=O)c4ccccc4C3=O)c2)(C(F)(F)F)C(F)(F)F)ccc1OC(F)=C(F)C(F)(F)C(F)(F)C(F)(F)C(F)(F)C(F)(F)C(F)(F)C(F)(F)F. The molecule has 97 heavy (non-hydrogen) atoms. The van der Waals surface area contributed by atoms with Crippen LogP contribution in [0.2, 0.25) is 0 Å². The van der Waals surface area contributed by atoms with Crippen molar-refractivity contribution in [2.75, 3.05) is 9.80 Å². The third-order valence-electron chi connectivity index (χ3n) is 13.7. The van der Waals surface area contributed by atoms with Crippen LogP contribution < -0.4 is 19.3 Å². The monoisotopic (exact) mass is 1490 g/mol. The van der Waals surface area contributed by atoms with E-state index in [-0.39, 0.29) is 0 Å². The van der Waals surface area contributed by atoms with Gasteiger partial charge in [-0.2, -0.15) is 176 Å². The normalized spacial score (nSPS) is 16.6. The maximum Gasteiger partial charge on any atom is 0.460 e. The Balaban J connectivity index is 1.63. The summed E-state index contributed by atoms with van der Waals surface area (Å²) in [6.45, 7) is 0. The summed E-state index contributed by atoms with van der Waals surface area (Å²) in [6, 6.07) is -10.3. The molecule has 0 N–H and O–H groups in total. The van der Waals surface area contributed by atoms with Crippen LogP contribution in [0.5, 0.6) is 11.5 Å². The second kappa shape index (κ2) is 22.8.